The Balaban J connectivity index is 1.75. The third-order valence-electron chi connectivity index (χ3n) is 4.82. The quantitative estimate of drug-likeness (QED) is 0.887. The molecular formula is C21H22O4. The first kappa shape index (κ1) is 15.9. The van der Waals surface area contributed by atoms with Gasteiger partial charge in [0.05, 0.1) is 19.3 Å². The predicted octanol–water partition coefficient (Wildman–Crippen LogP) is 4.30. The highest BCUT2D eigenvalue weighted by Gasteiger charge is 2.31. The molecule has 4 rings (SSSR count). The van der Waals surface area contributed by atoms with Gasteiger partial charge in [-0.25, -0.2) is 0 Å². The van der Waals surface area contributed by atoms with Gasteiger partial charge in [0.25, 0.3) is 0 Å². The minimum Gasteiger partial charge on any atom is -0.508 e. The number of benzene rings is 2. The minimum absolute atomic E-state index is 0.194. The lowest BCUT2D eigenvalue weighted by molar-refractivity contribution is 0.153. The maximum Gasteiger partial charge on any atom is 0.135 e. The van der Waals surface area contributed by atoms with Crippen LogP contribution >= 0.6 is 0 Å². The lowest BCUT2D eigenvalue weighted by atomic mass is 9.87. The van der Waals surface area contributed by atoms with Crippen LogP contribution in [0.4, 0.5) is 0 Å². The Kier molecular flexibility index (Phi) is 3.64. The largest absolute Gasteiger partial charge is 0.508 e. The van der Waals surface area contributed by atoms with E-state index in [0.29, 0.717) is 6.61 Å². The molecular weight excluding hydrogens is 316 g/mol. The summed E-state index contributed by atoms with van der Waals surface area (Å²) in [6.07, 6.45) is 4.98. The highest BCUT2D eigenvalue weighted by atomic mass is 16.5. The Morgan fingerprint density at radius 1 is 1.20 bits per heavy atom. The van der Waals surface area contributed by atoms with Crippen molar-refractivity contribution in [2.45, 2.75) is 31.8 Å². The summed E-state index contributed by atoms with van der Waals surface area (Å²) in [5, 5.41) is 9.62. The molecule has 2 aliphatic rings. The first-order chi connectivity index (χ1) is 12.0. The van der Waals surface area contributed by atoms with E-state index >= 15 is 0 Å². The molecule has 0 bridgehead atoms. The molecule has 130 valence electrons. The molecule has 2 aromatic rings. The van der Waals surface area contributed by atoms with E-state index in [9.17, 15) is 5.11 Å². The van der Waals surface area contributed by atoms with Gasteiger partial charge >= 0.3 is 0 Å². The topological polar surface area (TPSA) is 47.9 Å². The molecule has 0 aliphatic carbocycles. The standard InChI is InChI=1S/C21H22O4/c1-21(2)9-8-17-18(23-3)7-6-16(20(17)25-21)14-10-13-4-5-15(22)11-19(13)24-12-14/h4-9,11,14,22H,10,12H2,1-3H3/t14-/m1/s1. The molecule has 0 fully saturated rings. The van der Waals surface area contributed by atoms with Gasteiger partial charge in [-0.1, -0.05) is 12.1 Å². The fraction of sp³-hybridized carbons (Fsp3) is 0.333. The van der Waals surface area contributed by atoms with Crippen molar-refractivity contribution < 1.29 is 19.3 Å². The number of rotatable bonds is 2. The van der Waals surface area contributed by atoms with Crippen molar-refractivity contribution in [3.05, 3.63) is 53.1 Å². The number of phenolic OH excluding ortho intramolecular Hbond substituents is 1. The van der Waals surface area contributed by atoms with Crippen LogP contribution in [0.25, 0.3) is 6.08 Å². The Bertz CT molecular complexity index is 851. The monoisotopic (exact) mass is 338 g/mol. The molecule has 0 saturated carbocycles. The fourth-order valence-corrected chi connectivity index (χ4v) is 3.51. The number of methoxy groups -OCH3 is 1. The average Bonchev–Trinajstić information content (AvgIpc) is 2.59. The number of ether oxygens (including phenoxy) is 3. The lowest BCUT2D eigenvalue weighted by Crippen LogP contribution is -2.29. The Hall–Kier alpha value is -2.62. The van der Waals surface area contributed by atoms with Crippen molar-refractivity contribution in [3.8, 4) is 23.0 Å². The molecule has 2 heterocycles. The van der Waals surface area contributed by atoms with Crippen LogP contribution in [0.2, 0.25) is 0 Å². The second-order valence-corrected chi connectivity index (χ2v) is 7.14. The number of hydrogen-bond acceptors (Lipinski definition) is 4. The number of phenols is 1. The van der Waals surface area contributed by atoms with E-state index in [1.807, 2.05) is 26.0 Å². The van der Waals surface area contributed by atoms with Crippen LogP contribution in [0.1, 0.15) is 36.5 Å². The zero-order chi connectivity index (χ0) is 17.6. The van der Waals surface area contributed by atoms with E-state index in [1.165, 1.54) is 0 Å². The van der Waals surface area contributed by atoms with Crippen LogP contribution in [0.5, 0.6) is 23.0 Å². The van der Waals surface area contributed by atoms with Crippen molar-refractivity contribution in [1.29, 1.82) is 0 Å². The summed E-state index contributed by atoms with van der Waals surface area (Å²) in [6.45, 7) is 4.65. The summed E-state index contributed by atoms with van der Waals surface area (Å²) in [7, 11) is 1.68. The molecule has 4 nitrogen and oxygen atoms in total. The van der Waals surface area contributed by atoms with Gasteiger partial charge in [-0.2, -0.15) is 0 Å². The molecule has 4 heteroatoms. The molecule has 1 N–H and O–H groups in total. The highest BCUT2D eigenvalue weighted by molar-refractivity contribution is 5.70. The molecule has 0 aromatic heterocycles. The molecule has 2 aliphatic heterocycles. The van der Waals surface area contributed by atoms with Crippen LogP contribution < -0.4 is 14.2 Å². The minimum atomic E-state index is -0.354. The van der Waals surface area contributed by atoms with Crippen LogP contribution in [-0.2, 0) is 6.42 Å². The molecule has 0 saturated heterocycles. The number of aromatic hydroxyl groups is 1. The summed E-state index contributed by atoms with van der Waals surface area (Å²) >= 11 is 0. The van der Waals surface area contributed by atoms with E-state index in [2.05, 4.69) is 18.2 Å². The van der Waals surface area contributed by atoms with Crippen LogP contribution in [-0.4, -0.2) is 24.4 Å². The Morgan fingerprint density at radius 2 is 2.04 bits per heavy atom. The van der Waals surface area contributed by atoms with Crippen LogP contribution in [0.3, 0.4) is 0 Å². The summed E-state index contributed by atoms with van der Waals surface area (Å²) in [5.74, 6) is 2.88. The summed E-state index contributed by atoms with van der Waals surface area (Å²) in [6, 6.07) is 9.38. The van der Waals surface area contributed by atoms with E-state index in [4.69, 9.17) is 14.2 Å². The van der Waals surface area contributed by atoms with Gasteiger partial charge in [0, 0.05) is 17.5 Å². The number of hydrogen-bond donors (Lipinski definition) is 1. The van der Waals surface area contributed by atoms with Gasteiger partial charge in [0.2, 0.25) is 0 Å². The Morgan fingerprint density at radius 3 is 2.84 bits per heavy atom. The highest BCUT2D eigenvalue weighted by Crippen LogP contribution is 2.44. The van der Waals surface area contributed by atoms with E-state index in [1.54, 1.807) is 19.2 Å². The van der Waals surface area contributed by atoms with Crippen LogP contribution in [0, 0.1) is 0 Å². The average molecular weight is 338 g/mol. The second kappa shape index (κ2) is 5.73. The third kappa shape index (κ3) is 2.82. The molecule has 25 heavy (non-hydrogen) atoms. The lowest BCUT2D eigenvalue weighted by Gasteiger charge is -2.33. The van der Waals surface area contributed by atoms with Crippen LogP contribution in [0.15, 0.2) is 36.4 Å². The molecule has 0 unspecified atom stereocenters. The summed E-state index contributed by atoms with van der Waals surface area (Å²) in [4.78, 5) is 0. The smallest absolute Gasteiger partial charge is 0.135 e. The predicted molar refractivity (Wildman–Crippen MR) is 96.8 cm³/mol. The summed E-state index contributed by atoms with van der Waals surface area (Å²) in [5.41, 5.74) is 2.86. The maximum absolute atomic E-state index is 9.62. The van der Waals surface area contributed by atoms with E-state index < -0.39 is 0 Å². The first-order valence-corrected chi connectivity index (χ1v) is 8.51. The maximum atomic E-state index is 9.62. The number of fused-ring (bicyclic) bond motifs is 2. The normalized spacial score (nSPS) is 20.0. The molecule has 2 aromatic carbocycles. The Labute approximate surface area is 147 Å². The first-order valence-electron chi connectivity index (χ1n) is 8.51. The van der Waals surface area contributed by atoms with E-state index in [-0.39, 0.29) is 17.3 Å². The van der Waals surface area contributed by atoms with Crippen molar-refractivity contribution in [1.82, 2.24) is 0 Å². The SMILES string of the molecule is COc1ccc([C@H]2COc3cc(O)ccc3C2)c2c1C=CC(C)(C)O2. The van der Waals surface area contributed by atoms with Crippen molar-refractivity contribution in [2.75, 3.05) is 13.7 Å². The zero-order valence-electron chi connectivity index (χ0n) is 14.7. The van der Waals surface area contributed by atoms with Crippen molar-refractivity contribution in [2.24, 2.45) is 0 Å². The fourth-order valence-electron chi connectivity index (χ4n) is 3.51. The van der Waals surface area contributed by atoms with Gasteiger partial charge in [-0.15, -0.1) is 0 Å². The van der Waals surface area contributed by atoms with Gasteiger partial charge < -0.3 is 19.3 Å². The molecule has 0 spiro atoms. The molecule has 0 amide bonds. The van der Waals surface area contributed by atoms with Gasteiger partial charge in [-0.05, 0) is 50.1 Å². The third-order valence-corrected chi connectivity index (χ3v) is 4.82. The zero-order valence-corrected chi connectivity index (χ0v) is 14.7. The summed E-state index contributed by atoms with van der Waals surface area (Å²) < 4.78 is 17.7. The molecule has 1 atom stereocenters. The van der Waals surface area contributed by atoms with Crippen molar-refractivity contribution in [3.63, 3.8) is 0 Å². The van der Waals surface area contributed by atoms with Crippen molar-refractivity contribution >= 4 is 6.08 Å². The second-order valence-electron chi connectivity index (χ2n) is 7.14. The van der Waals surface area contributed by atoms with Gasteiger partial charge in [0.15, 0.2) is 0 Å². The van der Waals surface area contributed by atoms with Gasteiger partial charge in [0.1, 0.15) is 28.6 Å². The molecule has 0 radical (unpaired) electrons. The van der Waals surface area contributed by atoms with Gasteiger partial charge in [-0.3, -0.25) is 0 Å². The van der Waals surface area contributed by atoms with E-state index in [0.717, 1.165) is 40.4 Å².